The fourth-order valence-corrected chi connectivity index (χ4v) is 3.73. The van der Waals surface area contributed by atoms with E-state index in [2.05, 4.69) is 4.99 Å². The van der Waals surface area contributed by atoms with Gasteiger partial charge in [0.05, 0.1) is 23.7 Å². The minimum atomic E-state index is -0.188. The van der Waals surface area contributed by atoms with Gasteiger partial charge < -0.3 is 18.8 Å². The monoisotopic (exact) mass is 356 g/mol. The van der Waals surface area contributed by atoms with Crippen LogP contribution in [0.2, 0.25) is 0 Å². The van der Waals surface area contributed by atoms with Gasteiger partial charge in [0, 0.05) is 19.2 Å². The molecule has 1 amide bonds. The van der Waals surface area contributed by atoms with Gasteiger partial charge in [-0.2, -0.15) is 4.99 Å². The van der Waals surface area contributed by atoms with Gasteiger partial charge in [-0.1, -0.05) is 23.5 Å². The lowest BCUT2D eigenvalue weighted by Gasteiger charge is -2.01. The van der Waals surface area contributed by atoms with Gasteiger partial charge in [0.15, 0.2) is 16.3 Å². The maximum absolute atomic E-state index is 12.3. The summed E-state index contributed by atoms with van der Waals surface area (Å²) >= 11 is 1.45. The molecule has 0 spiro atoms. The summed E-state index contributed by atoms with van der Waals surface area (Å²) in [6.07, 6.45) is 0.251. The molecule has 0 saturated carbocycles. The Bertz CT molecular complexity index is 1020. The van der Waals surface area contributed by atoms with E-state index in [1.165, 1.54) is 11.3 Å². The molecule has 1 aromatic heterocycles. The SMILES string of the molecule is COc1ccc(CC(=O)N=c2sc3cc4c(cc3n2C)OCO4)cc1. The first-order chi connectivity index (χ1) is 12.1. The summed E-state index contributed by atoms with van der Waals surface area (Å²) in [5.74, 6) is 2.02. The summed E-state index contributed by atoms with van der Waals surface area (Å²) < 4.78 is 18.8. The standard InChI is InChI=1S/C18H16N2O4S/c1-20-13-8-14-15(24-10-23-14)9-16(13)25-18(20)19-17(21)7-11-3-5-12(22-2)6-4-11/h3-6,8-9H,7,10H2,1-2H3. The van der Waals surface area contributed by atoms with Crippen molar-refractivity contribution in [3.8, 4) is 17.2 Å². The molecule has 7 heteroatoms. The van der Waals surface area contributed by atoms with Crippen LogP contribution >= 0.6 is 11.3 Å². The van der Waals surface area contributed by atoms with Crippen LogP contribution in [0, 0.1) is 0 Å². The lowest BCUT2D eigenvalue weighted by Crippen LogP contribution is -2.14. The lowest BCUT2D eigenvalue weighted by molar-refractivity contribution is -0.117. The molecule has 0 N–H and O–H groups in total. The molecule has 0 radical (unpaired) electrons. The number of carbonyl (C=O) groups excluding carboxylic acids is 1. The zero-order chi connectivity index (χ0) is 17.4. The summed E-state index contributed by atoms with van der Waals surface area (Å²) in [5.41, 5.74) is 1.87. The summed E-state index contributed by atoms with van der Waals surface area (Å²) in [5, 5.41) is 0. The molecule has 0 unspecified atom stereocenters. The first kappa shape index (κ1) is 15.7. The average Bonchev–Trinajstić information content (AvgIpc) is 3.18. The fourth-order valence-electron chi connectivity index (χ4n) is 2.69. The van der Waals surface area contributed by atoms with E-state index >= 15 is 0 Å². The van der Waals surface area contributed by atoms with Gasteiger partial charge in [-0.15, -0.1) is 0 Å². The number of carbonyl (C=O) groups is 1. The van der Waals surface area contributed by atoms with E-state index in [9.17, 15) is 4.79 Å². The Hall–Kier alpha value is -2.80. The molecule has 4 rings (SSSR count). The van der Waals surface area contributed by atoms with E-state index in [0.717, 1.165) is 33.0 Å². The van der Waals surface area contributed by atoms with Crippen molar-refractivity contribution in [1.82, 2.24) is 4.57 Å². The van der Waals surface area contributed by atoms with Gasteiger partial charge in [0.2, 0.25) is 6.79 Å². The molecule has 6 nitrogen and oxygen atoms in total. The van der Waals surface area contributed by atoms with Crippen LogP contribution in [-0.4, -0.2) is 24.4 Å². The van der Waals surface area contributed by atoms with Crippen LogP contribution in [-0.2, 0) is 18.3 Å². The van der Waals surface area contributed by atoms with Gasteiger partial charge in [-0.3, -0.25) is 4.79 Å². The number of methoxy groups -OCH3 is 1. The van der Waals surface area contributed by atoms with Crippen LogP contribution < -0.4 is 19.0 Å². The van der Waals surface area contributed by atoms with E-state index < -0.39 is 0 Å². The zero-order valence-electron chi connectivity index (χ0n) is 13.8. The molecular formula is C18H16N2O4S. The zero-order valence-corrected chi connectivity index (χ0v) is 14.6. The number of thiazole rings is 1. The molecule has 1 aliphatic rings. The average molecular weight is 356 g/mol. The van der Waals surface area contributed by atoms with Gasteiger partial charge in [0.25, 0.3) is 5.91 Å². The van der Waals surface area contributed by atoms with Gasteiger partial charge in [0.1, 0.15) is 5.75 Å². The summed E-state index contributed by atoms with van der Waals surface area (Å²) in [6, 6.07) is 11.3. The normalized spacial score (nSPS) is 13.4. The number of nitrogens with zero attached hydrogens (tertiary/aromatic N) is 2. The van der Waals surface area contributed by atoms with Crippen molar-refractivity contribution in [2.75, 3.05) is 13.9 Å². The van der Waals surface area contributed by atoms with Crippen LogP contribution in [0.25, 0.3) is 10.2 Å². The topological polar surface area (TPSA) is 62.0 Å². The maximum atomic E-state index is 12.3. The Morgan fingerprint density at radius 1 is 1.24 bits per heavy atom. The van der Waals surface area contributed by atoms with Gasteiger partial charge in [-0.05, 0) is 17.7 Å². The Morgan fingerprint density at radius 2 is 1.96 bits per heavy atom. The second kappa shape index (κ2) is 6.25. The maximum Gasteiger partial charge on any atom is 0.252 e. The number of aryl methyl sites for hydroxylation is 1. The number of benzene rings is 2. The number of fused-ring (bicyclic) bond motifs is 2. The van der Waals surface area contributed by atoms with Gasteiger partial charge in [-0.25, -0.2) is 0 Å². The third-order valence-corrected chi connectivity index (χ3v) is 5.13. The van der Waals surface area contributed by atoms with Crippen molar-refractivity contribution >= 4 is 27.5 Å². The summed E-state index contributed by atoms with van der Waals surface area (Å²) in [7, 11) is 3.50. The van der Waals surface area contributed by atoms with Crippen LogP contribution in [0.5, 0.6) is 17.2 Å². The number of aromatic nitrogens is 1. The third-order valence-electron chi connectivity index (χ3n) is 4.04. The minimum Gasteiger partial charge on any atom is -0.497 e. The second-order valence-corrected chi connectivity index (χ2v) is 6.66. The molecular weight excluding hydrogens is 340 g/mol. The number of amides is 1. The van der Waals surface area contributed by atoms with Crippen LogP contribution in [0.1, 0.15) is 5.56 Å². The molecule has 0 bridgehead atoms. The van der Waals surface area contributed by atoms with E-state index in [1.54, 1.807) is 7.11 Å². The number of ether oxygens (including phenoxy) is 3. The summed E-state index contributed by atoms with van der Waals surface area (Å²) in [4.78, 5) is 17.2. The highest BCUT2D eigenvalue weighted by molar-refractivity contribution is 7.16. The van der Waals surface area contributed by atoms with Gasteiger partial charge >= 0.3 is 0 Å². The van der Waals surface area contributed by atoms with E-state index in [1.807, 2.05) is 48.0 Å². The van der Waals surface area contributed by atoms with Crippen molar-refractivity contribution < 1.29 is 19.0 Å². The van der Waals surface area contributed by atoms with Crippen LogP contribution in [0.3, 0.4) is 0 Å². The number of hydrogen-bond donors (Lipinski definition) is 0. The molecule has 128 valence electrons. The molecule has 3 aromatic rings. The lowest BCUT2D eigenvalue weighted by atomic mass is 10.1. The molecule has 0 aliphatic carbocycles. The molecule has 25 heavy (non-hydrogen) atoms. The predicted octanol–water partition coefficient (Wildman–Crippen LogP) is 2.65. The summed E-state index contributed by atoms with van der Waals surface area (Å²) in [6.45, 7) is 0.244. The molecule has 0 fully saturated rings. The first-order valence-electron chi connectivity index (χ1n) is 7.74. The Kier molecular flexibility index (Phi) is 3.93. The largest absolute Gasteiger partial charge is 0.497 e. The molecule has 2 aromatic carbocycles. The predicted molar refractivity (Wildman–Crippen MR) is 94.2 cm³/mol. The van der Waals surface area contributed by atoms with Crippen molar-refractivity contribution in [2.24, 2.45) is 12.0 Å². The highest BCUT2D eigenvalue weighted by Gasteiger charge is 2.16. The first-order valence-corrected chi connectivity index (χ1v) is 8.55. The highest BCUT2D eigenvalue weighted by atomic mass is 32.1. The van der Waals surface area contributed by atoms with Crippen molar-refractivity contribution in [3.05, 3.63) is 46.8 Å². The number of rotatable bonds is 3. The highest BCUT2D eigenvalue weighted by Crippen LogP contribution is 2.36. The smallest absolute Gasteiger partial charge is 0.252 e. The molecule has 1 aliphatic heterocycles. The minimum absolute atomic E-state index is 0.188. The van der Waals surface area contributed by atoms with Crippen molar-refractivity contribution in [3.63, 3.8) is 0 Å². The second-order valence-electron chi connectivity index (χ2n) is 5.65. The fraction of sp³-hybridized carbons (Fsp3) is 0.222. The van der Waals surface area contributed by atoms with Crippen molar-refractivity contribution in [1.29, 1.82) is 0 Å². The third kappa shape index (κ3) is 2.98. The van der Waals surface area contributed by atoms with E-state index in [-0.39, 0.29) is 19.1 Å². The van der Waals surface area contributed by atoms with E-state index in [4.69, 9.17) is 14.2 Å². The molecule has 2 heterocycles. The number of hydrogen-bond acceptors (Lipinski definition) is 5. The van der Waals surface area contributed by atoms with Crippen LogP contribution in [0.4, 0.5) is 0 Å². The Morgan fingerprint density at radius 3 is 2.68 bits per heavy atom. The van der Waals surface area contributed by atoms with Crippen LogP contribution in [0.15, 0.2) is 41.4 Å². The quantitative estimate of drug-likeness (QED) is 0.724. The molecule has 0 saturated heterocycles. The Labute approximate surface area is 147 Å². The Balaban J connectivity index is 1.63. The molecule has 0 atom stereocenters. The van der Waals surface area contributed by atoms with E-state index in [0.29, 0.717) is 4.80 Å². The van der Waals surface area contributed by atoms with Crippen molar-refractivity contribution in [2.45, 2.75) is 6.42 Å².